The van der Waals surface area contributed by atoms with Gasteiger partial charge < -0.3 is 15.2 Å². The van der Waals surface area contributed by atoms with Crippen LogP contribution in [0.25, 0.3) is 21.3 Å². The van der Waals surface area contributed by atoms with Gasteiger partial charge in [0.15, 0.2) is 11.5 Å². The first-order chi connectivity index (χ1) is 12.5. The van der Waals surface area contributed by atoms with Crippen molar-refractivity contribution in [1.29, 1.82) is 0 Å². The third kappa shape index (κ3) is 3.61. The van der Waals surface area contributed by atoms with Gasteiger partial charge in [-0.2, -0.15) is 0 Å². The van der Waals surface area contributed by atoms with Gasteiger partial charge in [0.2, 0.25) is 5.91 Å². The van der Waals surface area contributed by atoms with Crippen molar-refractivity contribution in [3.8, 4) is 22.6 Å². The third-order valence-corrected chi connectivity index (χ3v) is 5.89. The average molecular weight is 390 g/mol. The fourth-order valence-corrected chi connectivity index (χ4v) is 4.75. The Morgan fingerprint density at radius 3 is 2.69 bits per heavy atom. The molecule has 136 valence electrons. The lowest BCUT2D eigenvalue weighted by Gasteiger charge is -2.11. The highest BCUT2D eigenvalue weighted by Crippen LogP contribution is 2.43. The molecule has 0 radical (unpaired) electrons. The summed E-state index contributed by atoms with van der Waals surface area (Å²) in [6.45, 7) is 2.07. The van der Waals surface area contributed by atoms with E-state index in [-0.39, 0.29) is 5.91 Å². The maximum absolute atomic E-state index is 11.0. The van der Waals surface area contributed by atoms with Gasteiger partial charge in [-0.15, -0.1) is 23.1 Å². The van der Waals surface area contributed by atoms with Crippen molar-refractivity contribution in [2.75, 3.05) is 20.0 Å². The van der Waals surface area contributed by atoms with Crippen molar-refractivity contribution in [3.05, 3.63) is 29.4 Å². The van der Waals surface area contributed by atoms with Gasteiger partial charge in [0.1, 0.15) is 16.2 Å². The van der Waals surface area contributed by atoms with Crippen LogP contribution in [0.3, 0.4) is 0 Å². The summed E-state index contributed by atoms with van der Waals surface area (Å²) in [7, 11) is 3.23. The molecule has 8 heteroatoms. The number of hydrogen-bond donors (Lipinski definition) is 1. The number of amides is 1. The number of thiophene rings is 1. The molecular weight excluding hydrogens is 370 g/mol. The average Bonchev–Trinajstić information content (AvgIpc) is 2.97. The zero-order valence-corrected chi connectivity index (χ0v) is 16.4. The van der Waals surface area contributed by atoms with Gasteiger partial charge in [-0.3, -0.25) is 4.79 Å². The summed E-state index contributed by atoms with van der Waals surface area (Å²) in [4.78, 5) is 21.9. The van der Waals surface area contributed by atoms with E-state index in [0.717, 1.165) is 31.2 Å². The maximum atomic E-state index is 11.0. The lowest BCUT2D eigenvalue weighted by atomic mass is 10.0. The number of aromatic nitrogens is 2. The van der Waals surface area contributed by atoms with Crippen molar-refractivity contribution < 1.29 is 14.3 Å². The van der Waals surface area contributed by atoms with Crippen LogP contribution in [0.5, 0.6) is 11.5 Å². The summed E-state index contributed by atoms with van der Waals surface area (Å²) < 4.78 is 10.8. The van der Waals surface area contributed by atoms with Crippen LogP contribution >= 0.6 is 23.1 Å². The molecule has 0 unspecified atom stereocenters. The number of nitrogens with zero attached hydrogens (tertiary/aromatic N) is 2. The van der Waals surface area contributed by atoms with Crippen molar-refractivity contribution in [2.45, 2.75) is 18.4 Å². The molecule has 6 nitrogen and oxygen atoms in total. The van der Waals surface area contributed by atoms with E-state index in [2.05, 4.69) is 16.9 Å². The predicted octanol–water partition coefficient (Wildman–Crippen LogP) is 3.65. The van der Waals surface area contributed by atoms with Gasteiger partial charge in [-0.05, 0) is 24.6 Å². The molecule has 0 saturated heterocycles. The van der Waals surface area contributed by atoms with Crippen LogP contribution < -0.4 is 15.2 Å². The van der Waals surface area contributed by atoms with E-state index in [9.17, 15) is 4.79 Å². The summed E-state index contributed by atoms with van der Waals surface area (Å²) in [5.41, 5.74) is 7.33. The first kappa shape index (κ1) is 18.5. The van der Waals surface area contributed by atoms with E-state index in [4.69, 9.17) is 15.2 Å². The second-order valence-electron chi connectivity index (χ2n) is 5.53. The van der Waals surface area contributed by atoms with Gasteiger partial charge in [-0.1, -0.05) is 6.07 Å². The number of benzene rings is 1. The zero-order chi connectivity index (χ0) is 18.7. The minimum atomic E-state index is -0.315. The topological polar surface area (TPSA) is 87.3 Å². The number of rotatable bonds is 7. The van der Waals surface area contributed by atoms with Crippen molar-refractivity contribution >= 4 is 39.2 Å². The molecule has 2 N–H and O–H groups in total. The monoisotopic (exact) mass is 389 g/mol. The standard InChI is InChI=1S/C18H19N3O3S2/c1-10-15(11-4-5-12(23-2)13(8-11)24-3)16-17(25-7-6-14(19)22)20-9-21-18(16)26-10/h4-5,8-9H,6-7H2,1-3H3,(H2,19,22). The van der Waals surface area contributed by atoms with E-state index in [1.54, 1.807) is 31.9 Å². The summed E-state index contributed by atoms with van der Waals surface area (Å²) >= 11 is 3.14. The summed E-state index contributed by atoms with van der Waals surface area (Å²) in [6.07, 6.45) is 1.87. The number of nitrogens with two attached hydrogens (primary N) is 1. The summed E-state index contributed by atoms with van der Waals surface area (Å²) in [5.74, 6) is 1.62. The van der Waals surface area contributed by atoms with Crippen LogP contribution in [-0.2, 0) is 4.79 Å². The van der Waals surface area contributed by atoms with Crippen LogP contribution in [0.1, 0.15) is 11.3 Å². The Bertz CT molecular complexity index is 956. The molecule has 2 heterocycles. The number of primary amides is 1. The van der Waals surface area contributed by atoms with Gasteiger partial charge in [0.25, 0.3) is 0 Å². The molecule has 1 aromatic carbocycles. The third-order valence-electron chi connectivity index (χ3n) is 3.89. The lowest BCUT2D eigenvalue weighted by Crippen LogP contribution is -2.10. The second-order valence-corrected chi connectivity index (χ2v) is 7.81. The minimum absolute atomic E-state index is 0.310. The van der Waals surface area contributed by atoms with E-state index < -0.39 is 0 Å². The number of aryl methyl sites for hydroxylation is 1. The fraction of sp³-hybridized carbons (Fsp3) is 0.278. The number of fused-ring (bicyclic) bond motifs is 1. The van der Waals surface area contributed by atoms with E-state index in [1.807, 2.05) is 18.2 Å². The van der Waals surface area contributed by atoms with E-state index >= 15 is 0 Å². The Morgan fingerprint density at radius 1 is 1.23 bits per heavy atom. The quantitative estimate of drug-likeness (QED) is 0.490. The van der Waals surface area contributed by atoms with Gasteiger partial charge in [-0.25, -0.2) is 9.97 Å². The Kier molecular flexibility index (Phi) is 5.63. The normalized spacial score (nSPS) is 10.9. The highest BCUT2D eigenvalue weighted by molar-refractivity contribution is 7.99. The Balaban J connectivity index is 2.11. The molecule has 0 spiro atoms. The van der Waals surface area contributed by atoms with Crippen LogP contribution in [0.2, 0.25) is 0 Å². The number of hydrogen-bond acceptors (Lipinski definition) is 7. The summed E-state index contributed by atoms with van der Waals surface area (Å²) in [6, 6.07) is 5.85. The first-order valence-corrected chi connectivity index (χ1v) is 9.73. The highest BCUT2D eigenvalue weighted by atomic mass is 32.2. The molecule has 3 rings (SSSR count). The number of carbonyl (C=O) groups excluding carboxylic acids is 1. The highest BCUT2D eigenvalue weighted by Gasteiger charge is 2.18. The molecule has 0 saturated carbocycles. The SMILES string of the molecule is COc1ccc(-c2c(C)sc3ncnc(SCCC(N)=O)c23)cc1OC. The van der Waals surface area contributed by atoms with E-state index in [0.29, 0.717) is 23.7 Å². The molecule has 0 bridgehead atoms. The number of thioether (sulfide) groups is 1. The Hall–Kier alpha value is -2.32. The van der Waals surface area contributed by atoms with Crippen molar-refractivity contribution in [1.82, 2.24) is 9.97 Å². The van der Waals surface area contributed by atoms with Gasteiger partial charge in [0.05, 0.1) is 19.6 Å². The van der Waals surface area contributed by atoms with Crippen LogP contribution in [0.4, 0.5) is 0 Å². The Labute approximate surface area is 159 Å². The first-order valence-electron chi connectivity index (χ1n) is 7.92. The zero-order valence-electron chi connectivity index (χ0n) is 14.7. The molecule has 0 fully saturated rings. The van der Waals surface area contributed by atoms with Crippen molar-refractivity contribution in [3.63, 3.8) is 0 Å². The number of carbonyl (C=O) groups is 1. The molecule has 26 heavy (non-hydrogen) atoms. The molecular formula is C18H19N3O3S2. The predicted molar refractivity (Wildman–Crippen MR) is 105 cm³/mol. The summed E-state index contributed by atoms with van der Waals surface area (Å²) in [5, 5.41) is 1.85. The fourth-order valence-electron chi connectivity index (χ4n) is 2.71. The second kappa shape index (κ2) is 7.92. The largest absolute Gasteiger partial charge is 0.493 e. The lowest BCUT2D eigenvalue weighted by molar-refractivity contribution is -0.117. The van der Waals surface area contributed by atoms with Gasteiger partial charge >= 0.3 is 0 Å². The van der Waals surface area contributed by atoms with E-state index in [1.165, 1.54) is 11.8 Å². The maximum Gasteiger partial charge on any atom is 0.218 e. The molecule has 0 aliphatic carbocycles. The van der Waals surface area contributed by atoms with Crippen LogP contribution in [-0.4, -0.2) is 35.8 Å². The molecule has 3 aromatic rings. The molecule has 1 amide bonds. The molecule has 0 aliphatic heterocycles. The van der Waals surface area contributed by atoms with Crippen LogP contribution in [0.15, 0.2) is 29.6 Å². The minimum Gasteiger partial charge on any atom is -0.493 e. The molecule has 0 aliphatic rings. The van der Waals surface area contributed by atoms with Crippen LogP contribution in [0, 0.1) is 6.92 Å². The number of methoxy groups -OCH3 is 2. The smallest absolute Gasteiger partial charge is 0.218 e. The Morgan fingerprint density at radius 2 is 2.00 bits per heavy atom. The number of ether oxygens (including phenoxy) is 2. The molecule has 0 atom stereocenters. The molecule has 2 aromatic heterocycles. The van der Waals surface area contributed by atoms with Gasteiger partial charge in [0, 0.05) is 22.6 Å². The van der Waals surface area contributed by atoms with Crippen molar-refractivity contribution in [2.24, 2.45) is 5.73 Å².